The van der Waals surface area contributed by atoms with Gasteiger partial charge in [-0.2, -0.15) is 0 Å². The molecule has 112 valence electrons. The maximum absolute atomic E-state index is 6.11. The van der Waals surface area contributed by atoms with Crippen LogP contribution in [0.3, 0.4) is 0 Å². The molecule has 1 saturated heterocycles. The number of hydrogen-bond donors (Lipinski definition) is 0. The van der Waals surface area contributed by atoms with E-state index in [0.29, 0.717) is 53.0 Å². The summed E-state index contributed by atoms with van der Waals surface area (Å²) < 4.78 is 16.2. The molecule has 0 saturated carbocycles. The van der Waals surface area contributed by atoms with Gasteiger partial charge in [0.2, 0.25) is 0 Å². The monoisotopic (exact) mass is 345 g/mol. The SMILES string of the molecule is C#CCOc1cc(OC(=S)N2CCOCC2)c(Cl)cc1Cl. The number of ether oxygens (including phenoxy) is 3. The molecule has 0 radical (unpaired) electrons. The molecule has 2 rings (SSSR count). The van der Waals surface area contributed by atoms with Crippen LogP contribution >= 0.6 is 35.4 Å². The molecule has 1 aliphatic heterocycles. The fourth-order valence-electron chi connectivity index (χ4n) is 1.72. The second-order valence-corrected chi connectivity index (χ2v) is 5.34. The Bertz CT molecular complexity index is 568. The highest BCUT2D eigenvalue weighted by Gasteiger charge is 2.18. The van der Waals surface area contributed by atoms with Crippen molar-refractivity contribution in [1.82, 2.24) is 4.90 Å². The largest absolute Gasteiger partial charge is 0.479 e. The lowest BCUT2D eigenvalue weighted by molar-refractivity contribution is 0.0631. The summed E-state index contributed by atoms with van der Waals surface area (Å²) in [6, 6.07) is 3.11. The summed E-state index contributed by atoms with van der Waals surface area (Å²) in [7, 11) is 0. The van der Waals surface area contributed by atoms with Gasteiger partial charge in [0.25, 0.3) is 5.17 Å². The van der Waals surface area contributed by atoms with Crippen molar-refractivity contribution in [3.05, 3.63) is 22.2 Å². The van der Waals surface area contributed by atoms with Crippen LogP contribution in [0.25, 0.3) is 0 Å². The van der Waals surface area contributed by atoms with E-state index in [2.05, 4.69) is 5.92 Å². The van der Waals surface area contributed by atoms with Crippen molar-refractivity contribution in [3.8, 4) is 23.8 Å². The molecule has 0 atom stereocenters. The Morgan fingerprint density at radius 2 is 1.95 bits per heavy atom. The van der Waals surface area contributed by atoms with Crippen molar-refractivity contribution in [3.63, 3.8) is 0 Å². The van der Waals surface area contributed by atoms with Gasteiger partial charge in [-0.25, -0.2) is 0 Å². The maximum atomic E-state index is 6.11. The van der Waals surface area contributed by atoms with Crippen LogP contribution in [0.4, 0.5) is 0 Å². The lowest BCUT2D eigenvalue weighted by atomic mass is 10.3. The predicted octanol–water partition coefficient (Wildman–Crippen LogP) is 3.00. The number of halogens is 2. The first-order valence-electron chi connectivity index (χ1n) is 6.21. The average Bonchev–Trinajstić information content (AvgIpc) is 2.49. The van der Waals surface area contributed by atoms with Crippen LogP contribution in [0, 0.1) is 12.3 Å². The minimum Gasteiger partial charge on any atom is -0.479 e. The summed E-state index contributed by atoms with van der Waals surface area (Å²) in [5.74, 6) is 3.15. The van der Waals surface area contributed by atoms with E-state index in [1.54, 1.807) is 6.07 Å². The van der Waals surface area contributed by atoms with Crippen LogP contribution in [-0.4, -0.2) is 43.0 Å². The zero-order valence-electron chi connectivity index (χ0n) is 11.1. The number of rotatable bonds is 3. The lowest BCUT2D eigenvalue weighted by Gasteiger charge is -2.28. The van der Waals surface area contributed by atoms with Crippen LogP contribution in [0.1, 0.15) is 0 Å². The molecule has 1 aliphatic rings. The van der Waals surface area contributed by atoms with Gasteiger partial charge in [0.05, 0.1) is 23.3 Å². The van der Waals surface area contributed by atoms with Crippen LogP contribution in [0.2, 0.25) is 10.0 Å². The van der Waals surface area contributed by atoms with Crippen LogP contribution in [-0.2, 0) is 4.74 Å². The Balaban J connectivity index is 2.11. The van der Waals surface area contributed by atoms with Gasteiger partial charge in [-0.1, -0.05) is 29.1 Å². The van der Waals surface area contributed by atoms with Gasteiger partial charge >= 0.3 is 0 Å². The fourth-order valence-corrected chi connectivity index (χ4v) is 2.47. The Labute approximate surface area is 138 Å². The van der Waals surface area contributed by atoms with Gasteiger partial charge in [0, 0.05) is 19.2 Å². The van der Waals surface area contributed by atoms with Crippen molar-refractivity contribution in [2.24, 2.45) is 0 Å². The molecule has 1 aromatic rings. The topological polar surface area (TPSA) is 30.9 Å². The smallest absolute Gasteiger partial charge is 0.265 e. The summed E-state index contributed by atoms with van der Waals surface area (Å²) >= 11 is 17.4. The van der Waals surface area contributed by atoms with E-state index in [4.69, 9.17) is 56.1 Å². The first kappa shape index (κ1) is 16.2. The van der Waals surface area contributed by atoms with Gasteiger partial charge in [0.1, 0.15) is 12.4 Å². The highest BCUT2D eigenvalue weighted by Crippen LogP contribution is 2.36. The summed E-state index contributed by atoms with van der Waals surface area (Å²) in [6.07, 6.45) is 5.16. The molecule has 1 heterocycles. The Hall–Kier alpha value is -1.19. The normalized spacial score (nSPS) is 14.4. The Kier molecular flexibility index (Phi) is 5.95. The Morgan fingerprint density at radius 1 is 1.29 bits per heavy atom. The third-order valence-corrected chi connectivity index (χ3v) is 3.70. The molecule has 0 unspecified atom stereocenters. The molecule has 0 amide bonds. The van der Waals surface area contributed by atoms with E-state index in [9.17, 15) is 0 Å². The zero-order chi connectivity index (χ0) is 15.2. The first-order chi connectivity index (χ1) is 10.1. The minimum absolute atomic E-state index is 0.106. The molecule has 21 heavy (non-hydrogen) atoms. The second kappa shape index (κ2) is 7.71. The predicted molar refractivity (Wildman–Crippen MR) is 86.4 cm³/mol. The number of thiocarbonyl (C=S) groups is 1. The number of nitrogens with zero attached hydrogens (tertiary/aromatic N) is 1. The standard InChI is InChI=1S/C14H13Cl2NO3S/c1-2-5-19-12-9-13(11(16)8-10(12)15)20-14(21)17-3-6-18-7-4-17/h1,8-9H,3-7H2. The third kappa shape index (κ3) is 4.39. The third-order valence-electron chi connectivity index (χ3n) is 2.76. The molecule has 4 nitrogen and oxygen atoms in total. The molecule has 1 aromatic carbocycles. The summed E-state index contributed by atoms with van der Waals surface area (Å²) in [4.78, 5) is 1.91. The van der Waals surface area contributed by atoms with Crippen LogP contribution in [0.15, 0.2) is 12.1 Å². The van der Waals surface area contributed by atoms with E-state index in [-0.39, 0.29) is 6.61 Å². The molecule has 1 fully saturated rings. The lowest BCUT2D eigenvalue weighted by Crippen LogP contribution is -2.42. The molecule has 0 aliphatic carbocycles. The summed E-state index contributed by atoms with van der Waals surface area (Å²) in [5.41, 5.74) is 0. The van der Waals surface area contributed by atoms with Gasteiger partial charge in [-0.3, -0.25) is 0 Å². The minimum atomic E-state index is 0.106. The average molecular weight is 346 g/mol. The zero-order valence-corrected chi connectivity index (χ0v) is 13.4. The molecular formula is C14H13Cl2NO3S. The van der Waals surface area contributed by atoms with Crippen LogP contribution in [0.5, 0.6) is 11.5 Å². The highest BCUT2D eigenvalue weighted by atomic mass is 35.5. The number of benzene rings is 1. The van der Waals surface area contributed by atoms with E-state index in [1.807, 2.05) is 4.90 Å². The van der Waals surface area contributed by atoms with Gasteiger partial charge in [-0.15, -0.1) is 6.42 Å². The van der Waals surface area contributed by atoms with Crippen molar-refractivity contribution in [1.29, 1.82) is 0 Å². The number of terminal acetylenes is 1. The van der Waals surface area contributed by atoms with Crippen molar-refractivity contribution >= 4 is 40.6 Å². The molecule has 0 N–H and O–H groups in total. The van der Waals surface area contributed by atoms with Gasteiger partial charge in [-0.05, 0) is 18.3 Å². The Morgan fingerprint density at radius 3 is 2.62 bits per heavy atom. The van der Waals surface area contributed by atoms with Crippen molar-refractivity contribution in [2.75, 3.05) is 32.9 Å². The number of morpholine rings is 1. The summed E-state index contributed by atoms with van der Waals surface area (Å²) in [6.45, 7) is 2.71. The van der Waals surface area contributed by atoms with Crippen LogP contribution < -0.4 is 9.47 Å². The van der Waals surface area contributed by atoms with Gasteiger partial charge in [0.15, 0.2) is 5.75 Å². The van der Waals surface area contributed by atoms with E-state index < -0.39 is 0 Å². The first-order valence-corrected chi connectivity index (χ1v) is 7.38. The van der Waals surface area contributed by atoms with Crippen molar-refractivity contribution < 1.29 is 14.2 Å². The van der Waals surface area contributed by atoms with E-state index in [0.717, 1.165) is 0 Å². The van der Waals surface area contributed by atoms with E-state index >= 15 is 0 Å². The second-order valence-electron chi connectivity index (χ2n) is 4.17. The summed E-state index contributed by atoms with van der Waals surface area (Å²) in [5, 5.41) is 1.05. The molecule has 0 spiro atoms. The quantitative estimate of drug-likeness (QED) is 0.620. The van der Waals surface area contributed by atoms with E-state index in [1.165, 1.54) is 6.07 Å². The maximum Gasteiger partial charge on any atom is 0.265 e. The molecule has 7 heteroatoms. The molecule has 0 bridgehead atoms. The molecular weight excluding hydrogens is 333 g/mol. The van der Waals surface area contributed by atoms with Gasteiger partial charge < -0.3 is 19.1 Å². The van der Waals surface area contributed by atoms with Crippen molar-refractivity contribution in [2.45, 2.75) is 0 Å². The fraction of sp³-hybridized carbons (Fsp3) is 0.357. The highest BCUT2D eigenvalue weighted by molar-refractivity contribution is 7.80. The number of hydrogen-bond acceptors (Lipinski definition) is 4. The molecule has 0 aromatic heterocycles.